The molecule has 2 heterocycles. The summed E-state index contributed by atoms with van der Waals surface area (Å²) in [7, 11) is 0. The number of hydrogen-bond acceptors (Lipinski definition) is 3. The zero-order valence-electron chi connectivity index (χ0n) is 14.7. The average molecular weight is 344 g/mol. The van der Waals surface area contributed by atoms with E-state index in [-0.39, 0.29) is 30.7 Å². The van der Waals surface area contributed by atoms with Crippen LogP contribution in [0.4, 0.5) is 5.69 Å². The molecule has 2 atom stereocenters. The Kier molecular flexibility index (Phi) is 4.79. The molecule has 25 heavy (non-hydrogen) atoms. The lowest BCUT2D eigenvalue weighted by Crippen LogP contribution is -2.45. The minimum atomic E-state index is -0.850. The third kappa shape index (κ3) is 3.52. The normalized spacial score (nSPS) is 23.8. The fourth-order valence-corrected chi connectivity index (χ4v) is 3.85. The van der Waals surface area contributed by atoms with E-state index in [4.69, 9.17) is 0 Å². The second-order valence-corrected chi connectivity index (χ2v) is 7.16. The summed E-state index contributed by atoms with van der Waals surface area (Å²) in [6.07, 6.45) is 1.50. The van der Waals surface area contributed by atoms with Crippen LogP contribution in [0.5, 0.6) is 0 Å². The largest absolute Gasteiger partial charge is 0.481 e. The molecule has 3 rings (SSSR count). The Balaban J connectivity index is 1.71. The number of hydrogen-bond donors (Lipinski definition) is 1. The third-order valence-electron chi connectivity index (χ3n) is 5.20. The number of nitrogens with zero attached hydrogens (tertiary/aromatic N) is 2. The molecule has 1 N–H and O–H groups in total. The van der Waals surface area contributed by atoms with Crippen molar-refractivity contribution in [1.82, 2.24) is 4.90 Å². The number of benzene rings is 1. The van der Waals surface area contributed by atoms with Crippen LogP contribution in [0.15, 0.2) is 18.2 Å². The number of likely N-dealkylation sites (tertiary alicyclic amines) is 1. The highest BCUT2D eigenvalue weighted by molar-refractivity contribution is 6.00. The van der Waals surface area contributed by atoms with Gasteiger partial charge in [0.25, 0.3) is 0 Å². The van der Waals surface area contributed by atoms with Crippen LogP contribution in [-0.2, 0) is 14.4 Å². The van der Waals surface area contributed by atoms with Gasteiger partial charge in [-0.1, -0.05) is 17.7 Å². The van der Waals surface area contributed by atoms with E-state index in [0.29, 0.717) is 25.9 Å². The molecule has 0 radical (unpaired) electrons. The minimum Gasteiger partial charge on any atom is -0.481 e. The lowest BCUT2D eigenvalue weighted by Gasteiger charge is -2.32. The summed E-state index contributed by atoms with van der Waals surface area (Å²) in [5.74, 6) is -1.87. The summed E-state index contributed by atoms with van der Waals surface area (Å²) in [6, 6.07) is 5.92. The van der Waals surface area contributed by atoms with E-state index in [1.165, 1.54) is 0 Å². The average Bonchev–Trinajstić information content (AvgIpc) is 2.96. The topological polar surface area (TPSA) is 77.9 Å². The van der Waals surface area contributed by atoms with Crippen LogP contribution >= 0.6 is 0 Å². The molecule has 1 aromatic rings. The maximum absolute atomic E-state index is 12.8. The van der Waals surface area contributed by atoms with Gasteiger partial charge in [0.15, 0.2) is 0 Å². The summed E-state index contributed by atoms with van der Waals surface area (Å²) in [6.45, 7) is 5.17. The molecule has 2 saturated heterocycles. The highest BCUT2D eigenvalue weighted by Gasteiger charge is 2.39. The van der Waals surface area contributed by atoms with Crippen molar-refractivity contribution in [2.75, 3.05) is 24.5 Å². The predicted molar refractivity (Wildman–Crippen MR) is 93.3 cm³/mol. The fraction of sp³-hybridized carbons (Fsp3) is 0.526. The number of carbonyl (C=O) groups excluding carboxylic acids is 2. The Bertz CT molecular complexity index is 715. The molecule has 0 bridgehead atoms. The fourth-order valence-electron chi connectivity index (χ4n) is 3.85. The van der Waals surface area contributed by atoms with Crippen molar-refractivity contribution in [2.24, 2.45) is 11.8 Å². The zero-order valence-corrected chi connectivity index (χ0v) is 14.7. The Morgan fingerprint density at radius 2 is 1.92 bits per heavy atom. The second-order valence-electron chi connectivity index (χ2n) is 7.16. The quantitative estimate of drug-likeness (QED) is 0.909. The number of piperidine rings is 1. The van der Waals surface area contributed by atoms with Gasteiger partial charge in [-0.15, -0.1) is 0 Å². The molecule has 6 nitrogen and oxygen atoms in total. The molecule has 0 spiro atoms. The van der Waals surface area contributed by atoms with Gasteiger partial charge in [-0.2, -0.15) is 0 Å². The lowest BCUT2D eigenvalue weighted by molar-refractivity contribution is -0.146. The summed E-state index contributed by atoms with van der Waals surface area (Å²) < 4.78 is 0. The highest BCUT2D eigenvalue weighted by Crippen LogP contribution is 2.30. The van der Waals surface area contributed by atoms with Crippen molar-refractivity contribution < 1.29 is 19.5 Å². The minimum absolute atomic E-state index is 0.0444. The van der Waals surface area contributed by atoms with Gasteiger partial charge in [-0.3, -0.25) is 14.4 Å². The Morgan fingerprint density at radius 3 is 2.60 bits per heavy atom. The van der Waals surface area contributed by atoms with Crippen LogP contribution in [0.1, 0.15) is 30.4 Å². The van der Waals surface area contributed by atoms with Gasteiger partial charge in [0.05, 0.1) is 11.8 Å². The van der Waals surface area contributed by atoms with Crippen LogP contribution in [0, 0.1) is 25.7 Å². The molecule has 0 saturated carbocycles. The van der Waals surface area contributed by atoms with E-state index in [1.807, 2.05) is 32.0 Å². The van der Waals surface area contributed by atoms with Crippen LogP contribution in [0.3, 0.4) is 0 Å². The first-order valence-electron chi connectivity index (χ1n) is 8.76. The maximum Gasteiger partial charge on any atom is 0.308 e. The lowest BCUT2D eigenvalue weighted by atomic mass is 9.96. The van der Waals surface area contributed by atoms with Crippen molar-refractivity contribution >= 4 is 23.5 Å². The predicted octanol–water partition coefficient (Wildman–Crippen LogP) is 1.98. The molecule has 0 unspecified atom stereocenters. The van der Waals surface area contributed by atoms with Crippen LogP contribution in [-0.4, -0.2) is 47.4 Å². The number of aliphatic carboxylic acids is 1. The van der Waals surface area contributed by atoms with E-state index in [1.54, 1.807) is 9.80 Å². The molecule has 6 heteroatoms. The van der Waals surface area contributed by atoms with Crippen molar-refractivity contribution in [3.63, 3.8) is 0 Å². The van der Waals surface area contributed by atoms with Crippen molar-refractivity contribution in [2.45, 2.75) is 33.1 Å². The van der Waals surface area contributed by atoms with Gasteiger partial charge >= 0.3 is 5.97 Å². The number of carboxylic acid groups (broad SMARTS) is 1. The highest BCUT2D eigenvalue weighted by atomic mass is 16.4. The SMILES string of the molecule is Cc1ccc(N2C[C@H](C(=O)N3CCC[C@@H](C(=O)O)C3)CC2=O)c(C)c1. The molecule has 2 amide bonds. The van der Waals surface area contributed by atoms with Gasteiger partial charge in [-0.25, -0.2) is 0 Å². The van der Waals surface area contributed by atoms with E-state index in [0.717, 1.165) is 16.8 Å². The van der Waals surface area contributed by atoms with Gasteiger partial charge in [0.1, 0.15) is 0 Å². The smallest absolute Gasteiger partial charge is 0.308 e. The van der Waals surface area contributed by atoms with Crippen LogP contribution in [0.25, 0.3) is 0 Å². The summed E-state index contributed by atoms with van der Waals surface area (Å²) in [5, 5.41) is 9.19. The molecule has 0 aliphatic carbocycles. The number of amides is 2. The number of aryl methyl sites for hydroxylation is 2. The van der Waals surface area contributed by atoms with Gasteiger partial charge in [0, 0.05) is 31.7 Å². The first kappa shape index (κ1) is 17.5. The number of carbonyl (C=O) groups is 3. The van der Waals surface area contributed by atoms with Crippen LogP contribution in [0.2, 0.25) is 0 Å². The van der Waals surface area contributed by atoms with E-state index >= 15 is 0 Å². The zero-order chi connectivity index (χ0) is 18.1. The van der Waals surface area contributed by atoms with E-state index in [9.17, 15) is 19.5 Å². The first-order chi connectivity index (χ1) is 11.9. The summed E-state index contributed by atoms with van der Waals surface area (Å²) in [5.41, 5.74) is 3.01. The van der Waals surface area contributed by atoms with Gasteiger partial charge in [0.2, 0.25) is 11.8 Å². The molecule has 0 aromatic heterocycles. The molecule has 2 aliphatic rings. The molecule has 1 aromatic carbocycles. The monoisotopic (exact) mass is 344 g/mol. The molecule has 134 valence electrons. The first-order valence-corrected chi connectivity index (χ1v) is 8.76. The van der Waals surface area contributed by atoms with Gasteiger partial charge in [-0.05, 0) is 38.3 Å². The maximum atomic E-state index is 12.8. The second kappa shape index (κ2) is 6.86. The van der Waals surface area contributed by atoms with Crippen LogP contribution < -0.4 is 4.90 Å². The number of anilines is 1. The van der Waals surface area contributed by atoms with Crippen molar-refractivity contribution in [1.29, 1.82) is 0 Å². The molecule has 2 fully saturated rings. The Labute approximate surface area is 147 Å². The van der Waals surface area contributed by atoms with E-state index in [2.05, 4.69) is 0 Å². The number of rotatable bonds is 3. The molecular formula is C19H24N2O4. The van der Waals surface area contributed by atoms with Crippen molar-refractivity contribution in [3.8, 4) is 0 Å². The van der Waals surface area contributed by atoms with Crippen molar-refractivity contribution in [3.05, 3.63) is 29.3 Å². The molecule has 2 aliphatic heterocycles. The standard InChI is InChI=1S/C19H24N2O4/c1-12-5-6-16(13(2)8-12)21-11-15(9-17(21)22)18(23)20-7-3-4-14(10-20)19(24)25/h5-6,8,14-15H,3-4,7,9-11H2,1-2H3,(H,24,25)/t14-,15-/m1/s1. The summed E-state index contributed by atoms with van der Waals surface area (Å²) >= 11 is 0. The molecular weight excluding hydrogens is 320 g/mol. The summed E-state index contributed by atoms with van der Waals surface area (Å²) in [4.78, 5) is 39.7. The van der Waals surface area contributed by atoms with E-state index < -0.39 is 11.9 Å². The Hall–Kier alpha value is -2.37. The Morgan fingerprint density at radius 1 is 1.16 bits per heavy atom. The number of carboxylic acids is 1. The third-order valence-corrected chi connectivity index (χ3v) is 5.20. The van der Waals surface area contributed by atoms with Gasteiger partial charge < -0.3 is 14.9 Å².